The predicted molar refractivity (Wildman–Crippen MR) is 133 cm³/mol. The van der Waals surface area contributed by atoms with Crippen LogP contribution in [0.2, 0.25) is 0 Å². The number of thiocarbonyl (C=S) groups is 1. The van der Waals surface area contributed by atoms with Crippen molar-refractivity contribution < 1.29 is 47.7 Å². The molecule has 1 aromatic carbocycles. The highest BCUT2D eigenvalue weighted by atomic mass is 32.2. The lowest BCUT2D eigenvalue weighted by molar-refractivity contribution is -0.268. The molecule has 2 saturated heterocycles. The van der Waals surface area contributed by atoms with Gasteiger partial charge in [-0.1, -0.05) is 54.3 Å². The highest BCUT2D eigenvalue weighted by Gasteiger charge is 2.56. The Morgan fingerprint density at radius 3 is 2.05 bits per heavy atom. The zero-order chi connectivity index (χ0) is 27.3. The minimum atomic E-state index is -1.43. The number of ether oxygens (including phenoxy) is 5. The molecule has 0 aromatic heterocycles. The predicted octanol–water partition coefficient (Wildman–Crippen LogP) is 1.97. The average molecular weight is 552 g/mol. The van der Waals surface area contributed by atoms with E-state index in [1.54, 1.807) is 18.2 Å². The van der Waals surface area contributed by atoms with E-state index >= 15 is 0 Å². The number of hydrogen-bond acceptors (Lipinski definition) is 12. The Labute approximate surface area is 222 Å². The van der Waals surface area contributed by atoms with Crippen LogP contribution in [0.15, 0.2) is 35.2 Å². The minimum absolute atomic E-state index is 0.0908. The molecule has 0 spiro atoms. The molecule has 2 fully saturated rings. The van der Waals surface area contributed by atoms with Gasteiger partial charge in [0.05, 0.1) is 4.91 Å². The van der Waals surface area contributed by atoms with E-state index in [1.165, 1.54) is 6.92 Å². The Balaban J connectivity index is 2.05. The monoisotopic (exact) mass is 551 g/mol. The van der Waals surface area contributed by atoms with Gasteiger partial charge in [0, 0.05) is 27.7 Å². The van der Waals surface area contributed by atoms with E-state index in [0.717, 1.165) is 43.0 Å². The molecule has 13 heteroatoms. The quantitative estimate of drug-likeness (QED) is 0.212. The molecule has 0 radical (unpaired) electrons. The zero-order valence-electron chi connectivity index (χ0n) is 20.4. The van der Waals surface area contributed by atoms with Crippen LogP contribution in [0, 0.1) is 0 Å². The molecule has 2 aliphatic rings. The van der Waals surface area contributed by atoms with Crippen molar-refractivity contribution in [3.63, 3.8) is 0 Å². The summed E-state index contributed by atoms with van der Waals surface area (Å²) in [6.07, 6.45) is -5.12. The number of nitrogens with zero attached hydrogens (tertiary/aromatic N) is 1. The highest BCUT2D eigenvalue weighted by Crippen LogP contribution is 2.39. The first-order chi connectivity index (χ1) is 17.5. The van der Waals surface area contributed by atoms with Gasteiger partial charge in [0.1, 0.15) is 12.7 Å². The molecule has 0 saturated carbocycles. The van der Waals surface area contributed by atoms with Crippen molar-refractivity contribution in [3.8, 4) is 0 Å². The molecule has 37 heavy (non-hydrogen) atoms. The summed E-state index contributed by atoms with van der Waals surface area (Å²) in [6, 6.07) is 9.07. The lowest BCUT2D eigenvalue weighted by Gasteiger charge is -2.46. The summed E-state index contributed by atoms with van der Waals surface area (Å²) in [5.74, 6) is -3.50. The third-order valence-corrected chi connectivity index (χ3v) is 6.47. The second-order valence-corrected chi connectivity index (χ2v) is 9.73. The van der Waals surface area contributed by atoms with Crippen LogP contribution >= 0.6 is 24.0 Å². The number of rotatable bonds is 7. The second kappa shape index (κ2) is 12.3. The lowest BCUT2D eigenvalue weighted by atomic mass is 9.96. The minimum Gasteiger partial charge on any atom is -0.463 e. The second-order valence-electron chi connectivity index (χ2n) is 8.05. The van der Waals surface area contributed by atoms with E-state index in [1.807, 2.05) is 18.2 Å². The van der Waals surface area contributed by atoms with Crippen molar-refractivity contribution in [2.45, 2.75) is 58.3 Å². The van der Waals surface area contributed by atoms with Gasteiger partial charge in [0.15, 0.2) is 28.9 Å². The molecular formula is C24H25NO10S2. The van der Waals surface area contributed by atoms with Gasteiger partial charge in [-0.2, -0.15) is 0 Å². The van der Waals surface area contributed by atoms with Gasteiger partial charge in [0.2, 0.25) is 0 Å². The maximum atomic E-state index is 13.5. The lowest BCUT2D eigenvalue weighted by Crippen LogP contribution is -2.66. The van der Waals surface area contributed by atoms with Crippen molar-refractivity contribution in [1.82, 2.24) is 4.90 Å². The summed E-state index contributed by atoms with van der Waals surface area (Å²) in [6.45, 7) is 4.11. The molecule has 3 rings (SSSR count). The van der Waals surface area contributed by atoms with Crippen LogP contribution in [-0.4, -0.2) is 76.3 Å². The van der Waals surface area contributed by atoms with Crippen LogP contribution in [0.1, 0.15) is 33.3 Å². The number of carbonyl (C=O) groups excluding carboxylic acids is 5. The Bertz CT molecular complexity index is 1120. The zero-order valence-corrected chi connectivity index (χ0v) is 22.0. The highest BCUT2D eigenvalue weighted by molar-refractivity contribution is 8.26. The Kier molecular flexibility index (Phi) is 9.40. The first-order valence-electron chi connectivity index (χ1n) is 11.1. The summed E-state index contributed by atoms with van der Waals surface area (Å²) in [7, 11) is 0. The SMILES string of the molecule is CC(=O)OC[C@@H]1O[C@H](N2C(=O)/C(=C\c3ccccc3)SC2=S)[C@H](OC(C)=O)[C@@H](OC(C)=O)[C@@H]1OC(C)=O. The van der Waals surface area contributed by atoms with Gasteiger partial charge in [-0.15, -0.1) is 0 Å². The largest absolute Gasteiger partial charge is 0.463 e. The molecule has 198 valence electrons. The van der Waals surface area contributed by atoms with Crippen molar-refractivity contribution in [2.75, 3.05) is 6.61 Å². The Morgan fingerprint density at radius 1 is 0.919 bits per heavy atom. The van der Waals surface area contributed by atoms with Crippen LogP contribution in [0.4, 0.5) is 0 Å². The maximum Gasteiger partial charge on any atom is 0.303 e. The molecule has 1 amide bonds. The summed E-state index contributed by atoms with van der Waals surface area (Å²) < 4.78 is 27.4. The average Bonchev–Trinajstić information content (AvgIpc) is 3.07. The van der Waals surface area contributed by atoms with Crippen molar-refractivity contribution in [1.29, 1.82) is 0 Å². The third kappa shape index (κ3) is 7.14. The standard InChI is InChI=1S/C24H25NO10S2/c1-12(26)31-11-17-19(32-13(2)27)20(33-14(3)28)21(34-15(4)29)23(35-17)25-22(30)18(37-24(25)36)10-16-8-6-5-7-9-16/h5-10,17,19-21,23H,11H2,1-4H3/b18-10+/t17-,19+,20-,21+,23-/m0/s1. The normalized spacial score (nSPS) is 26.5. The molecule has 2 aliphatic heterocycles. The fraction of sp³-hybridized carbons (Fsp3) is 0.417. The molecule has 0 N–H and O–H groups in total. The molecule has 0 bridgehead atoms. The van der Waals surface area contributed by atoms with Crippen molar-refractivity contribution in [3.05, 3.63) is 40.8 Å². The van der Waals surface area contributed by atoms with E-state index in [4.69, 9.17) is 35.9 Å². The first-order valence-corrected chi connectivity index (χ1v) is 12.3. The number of thioether (sulfide) groups is 1. The van der Waals surface area contributed by atoms with E-state index in [2.05, 4.69) is 0 Å². The van der Waals surface area contributed by atoms with Gasteiger partial charge < -0.3 is 23.7 Å². The summed E-state index contributed by atoms with van der Waals surface area (Å²) in [5, 5.41) is 0. The smallest absolute Gasteiger partial charge is 0.303 e. The Morgan fingerprint density at radius 2 is 1.49 bits per heavy atom. The number of hydrogen-bond donors (Lipinski definition) is 0. The van der Waals surface area contributed by atoms with Crippen LogP contribution in [0.3, 0.4) is 0 Å². The van der Waals surface area contributed by atoms with Crippen LogP contribution in [0.25, 0.3) is 6.08 Å². The molecule has 1 aromatic rings. The molecular weight excluding hydrogens is 526 g/mol. The molecule has 2 heterocycles. The number of esters is 4. The van der Waals surface area contributed by atoms with Gasteiger partial charge in [-0.3, -0.25) is 28.9 Å². The number of carbonyl (C=O) groups is 5. The summed E-state index contributed by atoms with van der Waals surface area (Å²) in [5.41, 5.74) is 0.754. The molecule has 11 nitrogen and oxygen atoms in total. The summed E-state index contributed by atoms with van der Waals surface area (Å²) >= 11 is 6.46. The van der Waals surface area contributed by atoms with Crippen LogP contribution in [0.5, 0.6) is 0 Å². The van der Waals surface area contributed by atoms with Gasteiger partial charge >= 0.3 is 23.9 Å². The fourth-order valence-electron chi connectivity index (χ4n) is 3.81. The van der Waals surface area contributed by atoms with Gasteiger partial charge in [0.25, 0.3) is 5.91 Å². The van der Waals surface area contributed by atoms with E-state index in [-0.39, 0.29) is 9.23 Å². The van der Waals surface area contributed by atoms with Gasteiger partial charge in [-0.05, 0) is 11.6 Å². The summed E-state index contributed by atoms with van der Waals surface area (Å²) in [4.78, 5) is 62.3. The van der Waals surface area contributed by atoms with E-state index < -0.39 is 67.0 Å². The first kappa shape index (κ1) is 28.3. The van der Waals surface area contributed by atoms with E-state index in [9.17, 15) is 24.0 Å². The molecule has 0 aliphatic carbocycles. The third-order valence-electron chi connectivity index (χ3n) is 5.14. The molecule has 5 atom stereocenters. The molecule has 0 unspecified atom stereocenters. The van der Waals surface area contributed by atoms with Crippen molar-refractivity contribution in [2.24, 2.45) is 0 Å². The van der Waals surface area contributed by atoms with E-state index in [0.29, 0.717) is 0 Å². The van der Waals surface area contributed by atoms with Crippen LogP contribution < -0.4 is 0 Å². The van der Waals surface area contributed by atoms with Crippen LogP contribution in [-0.2, 0) is 47.7 Å². The van der Waals surface area contributed by atoms with Crippen molar-refractivity contribution >= 4 is 64.2 Å². The number of amides is 1. The fourth-order valence-corrected chi connectivity index (χ4v) is 5.12. The topological polar surface area (TPSA) is 135 Å². The Hall–Kier alpha value is -3.29. The maximum absolute atomic E-state index is 13.5. The van der Waals surface area contributed by atoms with Gasteiger partial charge in [-0.25, -0.2) is 0 Å². The number of benzene rings is 1.